The number of nitrogens with zero attached hydrogens (tertiary/aromatic N) is 1. The minimum Gasteiger partial charge on any atom is -0.445 e. The molecule has 0 saturated carbocycles. The van der Waals surface area contributed by atoms with Gasteiger partial charge >= 0.3 is 6.09 Å². The first-order valence-corrected chi connectivity index (χ1v) is 16.7. The van der Waals surface area contributed by atoms with Crippen molar-refractivity contribution in [3.63, 3.8) is 0 Å². The highest BCUT2D eigenvalue weighted by atomic mass is 16.7. The van der Waals surface area contributed by atoms with E-state index in [1.807, 2.05) is 102 Å². The Bertz CT molecular complexity index is 1270. The summed E-state index contributed by atoms with van der Waals surface area (Å²) in [7, 11) is 0. The fraction of sp³-hybridized carbons (Fsp3) is 0.556. The van der Waals surface area contributed by atoms with E-state index in [-0.39, 0.29) is 36.7 Å². The topological polar surface area (TPSA) is 135 Å². The Morgan fingerprint density at radius 3 is 1.96 bits per heavy atom. The van der Waals surface area contributed by atoms with Gasteiger partial charge in [-0.2, -0.15) is 0 Å². The fourth-order valence-corrected chi connectivity index (χ4v) is 5.61. The SMILES string of the molecule is CCOC(OCC)[C@@H](NC(=O)[C@@H]1CCCN1C(=O)[C@@H](NC(=O)[C@H](Cc1ccccc1)NC(=O)OCc1ccccc1)C(C)C)C(C)C. The minimum absolute atomic E-state index is 0.0173. The Morgan fingerprint density at radius 2 is 1.40 bits per heavy atom. The summed E-state index contributed by atoms with van der Waals surface area (Å²) in [6.45, 7) is 12.7. The lowest BCUT2D eigenvalue weighted by atomic mass is 9.99. The van der Waals surface area contributed by atoms with Crippen LogP contribution < -0.4 is 16.0 Å². The van der Waals surface area contributed by atoms with Crippen LogP contribution in [0.3, 0.4) is 0 Å². The summed E-state index contributed by atoms with van der Waals surface area (Å²) in [6.07, 6.45) is -0.0131. The molecule has 4 amide bonds. The zero-order chi connectivity index (χ0) is 34.3. The Hall–Kier alpha value is -3.96. The number of hydrogen-bond acceptors (Lipinski definition) is 7. The van der Waals surface area contributed by atoms with Gasteiger partial charge < -0.3 is 35.1 Å². The van der Waals surface area contributed by atoms with Crippen LogP contribution in [-0.4, -0.2) is 78.9 Å². The van der Waals surface area contributed by atoms with Gasteiger partial charge in [0.1, 0.15) is 24.7 Å². The number of hydrogen-bond donors (Lipinski definition) is 3. The highest BCUT2D eigenvalue weighted by Gasteiger charge is 2.41. The molecule has 47 heavy (non-hydrogen) atoms. The first-order valence-electron chi connectivity index (χ1n) is 16.7. The van der Waals surface area contributed by atoms with Crippen molar-refractivity contribution in [3.05, 3.63) is 71.8 Å². The highest BCUT2D eigenvalue weighted by Crippen LogP contribution is 2.22. The summed E-state index contributed by atoms with van der Waals surface area (Å²) >= 11 is 0. The van der Waals surface area contributed by atoms with Crippen molar-refractivity contribution in [3.8, 4) is 0 Å². The molecule has 11 nitrogen and oxygen atoms in total. The molecule has 11 heteroatoms. The van der Waals surface area contributed by atoms with Gasteiger partial charge in [0.15, 0.2) is 6.29 Å². The van der Waals surface area contributed by atoms with Crippen molar-refractivity contribution < 1.29 is 33.4 Å². The Labute approximate surface area is 279 Å². The molecule has 258 valence electrons. The van der Waals surface area contributed by atoms with Crippen molar-refractivity contribution in [1.29, 1.82) is 0 Å². The molecule has 0 aliphatic carbocycles. The van der Waals surface area contributed by atoms with Crippen LogP contribution in [0.1, 0.15) is 65.5 Å². The maximum Gasteiger partial charge on any atom is 0.408 e. The third-order valence-electron chi connectivity index (χ3n) is 8.16. The molecule has 2 aromatic rings. The van der Waals surface area contributed by atoms with Crippen molar-refractivity contribution in [2.45, 2.75) is 97.9 Å². The summed E-state index contributed by atoms with van der Waals surface area (Å²) in [5.41, 5.74) is 1.64. The highest BCUT2D eigenvalue weighted by molar-refractivity contribution is 5.94. The second-order valence-electron chi connectivity index (χ2n) is 12.4. The van der Waals surface area contributed by atoms with Gasteiger partial charge in [0, 0.05) is 26.2 Å². The van der Waals surface area contributed by atoms with Crippen LogP contribution in [-0.2, 0) is 41.6 Å². The maximum absolute atomic E-state index is 14.0. The molecule has 0 unspecified atom stereocenters. The lowest BCUT2D eigenvalue weighted by molar-refractivity contribution is -0.166. The van der Waals surface area contributed by atoms with Crippen LogP contribution in [0.4, 0.5) is 4.79 Å². The third-order valence-corrected chi connectivity index (χ3v) is 8.16. The normalized spacial score (nSPS) is 16.5. The molecule has 1 aliphatic rings. The molecule has 0 aromatic heterocycles. The van der Waals surface area contributed by atoms with E-state index in [4.69, 9.17) is 14.2 Å². The molecule has 0 bridgehead atoms. The van der Waals surface area contributed by atoms with Crippen molar-refractivity contribution in [1.82, 2.24) is 20.9 Å². The Kier molecular flexibility index (Phi) is 15.2. The molecule has 2 aromatic carbocycles. The van der Waals surface area contributed by atoms with Crippen LogP contribution in [0.2, 0.25) is 0 Å². The van der Waals surface area contributed by atoms with Gasteiger partial charge in [-0.15, -0.1) is 0 Å². The predicted molar refractivity (Wildman–Crippen MR) is 179 cm³/mol. The van der Waals surface area contributed by atoms with Gasteiger partial charge in [-0.1, -0.05) is 88.4 Å². The van der Waals surface area contributed by atoms with E-state index in [0.29, 0.717) is 32.6 Å². The minimum atomic E-state index is -1.01. The summed E-state index contributed by atoms with van der Waals surface area (Å²) in [4.78, 5) is 55.8. The van der Waals surface area contributed by atoms with E-state index in [9.17, 15) is 19.2 Å². The van der Waals surface area contributed by atoms with Crippen molar-refractivity contribution >= 4 is 23.8 Å². The number of alkyl carbamates (subject to hydrolysis) is 1. The van der Waals surface area contributed by atoms with E-state index in [1.54, 1.807) is 4.90 Å². The number of carbonyl (C=O) groups excluding carboxylic acids is 4. The van der Waals surface area contributed by atoms with Crippen molar-refractivity contribution in [2.75, 3.05) is 19.8 Å². The smallest absolute Gasteiger partial charge is 0.408 e. The molecular formula is C36H52N4O7. The number of amides is 4. The lowest BCUT2D eigenvalue weighted by Crippen LogP contribution is -2.59. The molecule has 1 heterocycles. The number of nitrogens with one attached hydrogen (secondary N) is 3. The molecular weight excluding hydrogens is 600 g/mol. The van der Waals surface area contributed by atoms with E-state index >= 15 is 0 Å². The Morgan fingerprint density at radius 1 is 0.809 bits per heavy atom. The number of likely N-dealkylation sites (tertiary alicyclic amines) is 1. The molecule has 1 aliphatic heterocycles. The van der Waals surface area contributed by atoms with E-state index < -0.39 is 42.5 Å². The number of rotatable bonds is 17. The zero-order valence-electron chi connectivity index (χ0n) is 28.6. The van der Waals surface area contributed by atoms with E-state index in [1.165, 1.54) is 0 Å². The van der Waals surface area contributed by atoms with Gasteiger partial charge in [-0.05, 0) is 49.7 Å². The third kappa shape index (κ3) is 11.4. The van der Waals surface area contributed by atoms with Gasteiger partial charge in [0.05, 0.1) is 6.04 Å². The van der Waals surface area contributed by atoms with Crippen molar-refractivity contribution in [2.24, 2.45) is 11.8 Å². The number of benzene rings is 2. The summed E-state index contributed by atoms with van der Waals surface area (Å²) in [5, 5.41) is 8.66. The van der Waals surface area contributed by atoms with Crippen LogP contribution in [0, 0.1) is 11.8 Å². The molecule has 1 fully saturated rings. The number of ether oxygens (including phenoxy) is 3. The first kappa shape index (κ1) is 37.5. The van der Waals surface area contributed by atoms with Crippen LogP contribution in [0.5, 0.6) is 0 Å². The Balaban J connectivity index is 1.74. The first-order chi connectivity index (χ1) is 22.5. The molecule has 0 radical (unpaired) electrons. The summed E-state index contributed by atoms with van der Waals surface area (Å²) in [5.74, 6) is -1.42. The largest absolute Gasteiger partial charge is 0.445 e. The van der Waals surface area contributed by atoms with E-state index in [0.717, 1.165) is 11.1 Å². The standard InChI is InChI=1S/C36H52N4O7/c1-7-45-35(46-8-2)31(25(5)6)39-33(42)29-20-15-21-40(29)34(43)30(24(3)4)38-32(41)28(22-26-16-11-9-12-17-26)37-36(44)47-23-27-18-13-10-14-19-27/h9-14,16-19,24-25,28-31,35H,7-8,15,20-23H2,1-6H3,(H,37,44)(H,38,41)(H,39,42)/t28-,29-,30-,31-/m0/s1. The zero-order valence-corrected chi connectivity index (χ0v) is 28.6. The predicted octanol–water partition coefficient (Wildman–Crippen LogP) is 4.20. The second kappa shape index (κ2) is 19.0. The van der Waals surface area contributed by atoms with Gasteiger partial charge in [-0.3, -0.25) is 14.4 Å². The van der Waals surface area contributed by atoms with Gasteiger partial charge in [0.25, 0.3) is 0 Å². The van der Waals surface area contributed by atoms with Gasteiger partial charge in [0.2, 0.25) is 17.7 Å². The van der Waals surface area contributed by atoms with Crippen LogP contribution >= 0.6 is 0 Å². The molecule has 3 N–H and O–H groups in total. The summed E-state index contributed by atoms with van der Waals surface area (Å²) < 4.78 is 17.0. The van der Waals surface area contributed by atoms with Crippen LogP contribution in [0.15, 0.2) is 60.7 Å². The molecule has 4 atom stereocenters. The maximum atomic E-state index is 14.0. The molecule has 3 rings (SSSR count). The summed E-state index contributed by atoms with van der Waals surface area (Å²) in [6, 6.07) is 15.5. The molecule has 1 saturated heterocycles. The lowest BCUT2D eigenvalue weighted by Gasteiger charge is -2.34. The average Bonchev–Trinajstić information content (AvgIpc) is 3.55. The van der Waals surface area contributed by atoms with Crippen LogP contribution in [0.25, 0.3) is 0 Å². The quantitative estimate of drug-likeness (QED) is 0.218. The monoisotopic (exact) mass is 652 g/mol. The van der Waals surface area contributed by atoms with E-state index in [2.05, 4.69) is 16.0 Å². The average molecular weight is 653 g/mol. The van der Waals surface area contributed by atoms with Gasteiger partial charge in [-0.25, -0.2) is 4.79 Å². The second-order valence-corrected chi connectivity index (χ2v) is 12.4. The molecule has 0 spiro atoms. The fourth-order valence-electron chi connectivity index (χ4n) is 5.61. The number of carbonyl (C=O) groups is 4.